The molecule has 4 nitrogen and oxygen atoms in total. The van der Waals surface area contributed by atoms with E-state index in [2.05, 4.69) is 62.8 Å². The Hall–Kier alpha value is -2.11. The van der Waals surface area contributed by atoms with Gasteiger partial charge in [0.2, 0.25) is 0 Å². The Bertz CT molecular complexity index is 710. The second-order valence-electron chi connectivity index (χ2n) is 6.47. The van der Waals surface area contributed by atoms with Crippen molar-refractivity contribution in [1.29, 1.82) is 0 Å². The van der Waals surface area contributed by atoms with Crippen molar-refractivity contribution in [3.05, 3.63) is 59.2 Å². The maximum absolute atomic E-state index is 5.52. The third-order valence-corrected chi connectivity index (χ3v) is 4.64. The minimum atomic E-state index is 0.230. The number of benzene rings is 2. The van der Waals surface area contributed by atoms with Crippen LogP contribution in [0, 0.1) is 13.8 Å². The van der Waals surface area contributed by atoms with E-state index < -0.39 is 0 Å². The molecule has 0 fully saturated rings. The maximum atomic E-state index is 5.52. The number of quaternary nitrogens is 1. The van der Waals surface area contributed by atoms with E-state index in [1.165, 1.54) is 21.6 Å². The summed E-state index contributed by atoms with van der Waals surface area (Å²) in [4.78, 5) is 1.31. The molecule has 0 unspecified atom stereocenters. The first-order chi connectivity index (χ1) is 11.9. The van der Waals surface area contributed by atoms with E-state index >= 15 is 0 Å². The quantitative estimate of drug-likeness (QED) is 0.694. The van der Waals surface area contributed by atoms with E-state index in [4.69, 9.17) is 17.0 Å². The van der Waals surface area contributed by atoms with Crippen LogP contribution in [-0.2, 0) is 0 Å². The fourth-order valence-corrected chi connectivity index (χ4v) is 3.13. The molecule has 0 saturated heterocycles. The maximum Gasteiger partial charge on any atom is 0.171 e. The van der Waals surface area contributed by atoms with Gasteiger partial charge in [-0.1, -0.05) is 30.3 Å². The van der Waals surface area contributed by atoms with E-state index in [9.17, 15) is 0 Å². The van der Waals surface area contributed by atoms with Gasteiger partial charge in [0.15, 0.2) is 5.11 Å². The number of likely N-dealkylation sites (N-methyl/N-ethyl adjacent to an activating group) is 1. The number of para-hydroxylation sites is 2. The highest BCUT2D eigenvalue weighted by molar-refractivity contribution is 7.80. The molecule has 2 aromatic rings. The van der Waals surface area contributed by atoms with E-state index in [1.807, 2.05) is 18.2 Å². The van der Waals surface area contributed by atoms with Gasteiger partial charge in [-0.25, -0.2) is 0 Å². The van der Waals surface area contributed by atoms with Gasteiger partial charge in [0, 0.05) is 5.69 Å². The van der Waals surface area contributed by atoms with Crippen LogP contribution in [0.4, 0.5) is 5.69 Å². The van der Waals surface area contributed by atoms with Crippen molar-refractivity contribution in [2.45, 2.75) is 19.9 Å². The molecular weight excluding hydrogens is 330 g/mol. The standard InChI is InChI=1S/C20H27N3OS/c1-14-9-8-10-15(2)19(14)22-20(25)21-13-17(23(3)4)16-11-6-7-12-18(16)24-5/h6-12,17H,13H2,1-5H3,(H2,21,22,25)/p+1/t17-/m0/s1. The fourth-order valence-electron chi connectivity index (χ4n) is 2.94. The number of nitrogens with one attached hydrogen (secondary N) is 3. The third kappa shape index (κ3) is 4.94. The molecule has 2 aromatic carbocycles. The summed E-state index contributed by atoms with van der Waals surface area (Å²) in [7, 11) is 5.99. The lowest BCUT2D eigenvalue weighted by molar-refractivity contribution is -0.890. The summed E-state index contributed by atoms with van der Waals surface area (Å²) in [6.07, 6.45) is 0. The van der Waals surface area contributed by atoms with Crippen molar-refractivity contribution in [2.24, 2.45) is 0 Å². The van der Waals surface area contributed by atoms with Crippen molar-refractivity contribution < 1.29 is 9.64 Å². The Morgan fingerprint density at radius 1 is 1.08 bits per heavy atom. The zero-order valence-corrected chi connectivity index (χ0v) is 16.5. The molecular formula is C20H28N3OS+. The second kappa shape index (κ2) is 8.83. The molecule has 134 valence electrons. The molecule has 0 bridgehead atoms. The number of ether oxygens (including phenoxy) is 1. The highest BCUT2D eigenvalue weighted by atomic mass is 32.1. The van der Waals surface area contributed by atoms with Crippen molar-refractivity contribution in [1.82, 2.24) is 5.32 Å². The van der Waals surface area contributed by atoms with Gasteiger partial charge >= 0.3 is 0 Å². The predicted molar refractivity (Wildman–Crippen MR) is 109 cm³/mol. The Labute approximate surface area is 156 Å². The van der Waals surface area contributed by atoms with Crippen molar-refractivity contribution in [3.8, 4) is 5.75 Å². The van der Waals surface area contributed by atoms with Gasteiger partial charge < -0.3 is 20.3 Å². The number of aryl methyl sites for hydroxylation is 2. The SMILES string of the molecule is COc1ccccc1[C@H](CNC(=S)Nc1c(C)cccc1C)[NH+](C)C. The molecule has 0 amide bonds. The summed E-state index contributed by atoms with van der Waals surface area (Å²) in [5, 5.41) is 7.33. The minimum absolute atomic E-state index is 0.230. The lowest BCUT2D eigenvalue weighted by atomic mass is 10.0. The van der Waals surface area contributed by atoms with Crippen LogP contribution in [0.25, 0.3) is 0 Å². The van der Waals surface area contributed by atoms with E-state index in [0.29, 0.717) is 5.11 Å². The van der Waals surface area contributed by atoms with Crippen LogP contribution in [-0.4, -0.2) is 32.9 Å². The fraction of sp³-hybridized carbons (Fsp3) is 0.350. The molecule has 0 aliphatic rings. The highest BCUT2D eigenvalue weighted by Crippen LogP contribution is 2.23. The third-order valence-electron chi connectivity index (χ3n) is 4.40. The lowest BCUT2D eigenvalue weighted by Crippen LogP contribution is -3.07. The zero-order chi connectivity index (χ0) is 18.4. The van der Waals surface area contributed by atoms with Gasteiger partial charge in [0.05, 0.1) is 33.3 Å². The lowest BCUT2D eigenvalue weighted by Gasteiger charge is -2.24. The summed E-state index contributed by atoms with van der Waals surface area (Å²) in [6.45, 7) is 4.89. The van der Waals surface area contributed by atoms with E-state index in [0.717, 1.165) is 18.0 Å². The number of anilines is 1. The Morgan fingerprint density at radius 3 is 2.32 bits per heavy atom. The number of methoxy groups -OCH3 is 1. The van der Waals surface area contributed by atoms with Gasteiger partial charge in [-0.2, -0.15) is 0 Å². The molecule has 0 spiro atoms. The average molecular weight is 359 g/mol. The van der Waals surface area contributed by atoms with E-state index in [-0.39, 0.29) is 6.04 Å². The van der Waals surface area contributed by atoms with Crippen LogP contribution in [0.1, 0.15) is 22.7 Å². The smallest absolute Gasteiger partial charge is 0.171 e. The van der Waals surface area contributed by atoms with Crippen LogP contribution in [0.5, 0.6) is 5.75 Å². The molecule has 0 radical (unpaired) electrons. The van der Waals surface area contributed by atoms with Gasteiger partial charge in [-0.15, -0.1) is 0 Å². The molecule has 0 aliphatic heterocycles. The normalized spacial score (nSPS) is 11.9. The number of hydrogen-bond acceptors (Lipinski definition) is 2. The molecule has 0 aromatic heterocycles. The Balaban J connectivity index is 2.07. The van der Waals surface area contributed by atoms with Crippen LogP contribution in [0.2, 0.25) is 0 Å². The largest absolute Gasteiger partial charge is 0.496 e. The first kappa shape index (κ1) is 19.2. The second-order valence-corrected chi connectivity index (χ2v) is 6.88. The highest BCUT2D eigenvalue weighted by Gasteiger charge is 2.21. The molecule has 2 rings (SSSR count). The van der Waals surface area contributed by atoms with Crippen molar-refractivity contribution >= 4 is 23.0 Å². The molecule has 0 saturated carbocycles. The van der Waals surface area contributed by atoms with Gasteiger partial charge in [-0.05, 0) is 49.3 Å². The predicted octanol–water partition coefficient (Wildman–Crippen LogP) is 2.48. The van der Waals surface area contributed by atoms with Gasteiger partial charge in [0.1, 0.15) is 11.8 Å². The number of thiocarbonyl (C=S) groups is 1. The Morgan fingerprint density at radius 2 is 1.72 bits per heavy atom. The van der Waals surface area contributed by atoms with Crippen LogP contribution < -0.4 is 20.3 Å². The van der Waals surface area contributed by atoms with Crippen LogP contribution in [0.15, 0.2) is 42.5 Å². The van der Waals surface area contributed by atoms with Crippen LogP contribution in [0.3, 0.4) is 0 Å². The summed E-state index contributed by atoms with van der Waals surface area (Å²) >= 11 is 5.51. The first-order valence-corrected chi connectivity index (χ1v) is 8.89. The summed E-state index contributed by atoms with van der Waals surface area (Å²) in [5.74, 6) is 0.907. The minimum Gasteiger partial charge on any atom is -0.496 e. The molecule has 1 atom stereocenters. The van der Waals surface area contributed by atoms with Gasteiger partial charge in [0.25, 0.3) is 0 Å². The summed E-state index contributed by atoms with van der Waals surface area (Å²) in [5.41, 5.74) is 4.62. The number of rotatable bonds is 6. The summed E-state index contributed by atoms with van der Waals surface area (Å²) < 4.78 is 5.52. The molecule has 25 heavy (non-hydrogen) atoms. The molecule has 0 aliphatic carbocycles. The molecule has 3 N–H and O–H groups in total. The molecule has 5 heteroatoms. The van der Waals surface area contributed by atoms with Crippen LogP contribution >= 0.6 is 12.2 Å². The number of hydrogen-bond donors (Lipinski definition) is 3. The average Bonchev–Trinajstić information content (AvgIpc) is 2.58. The topological polar surface area (TPSA) is 37.7 Å². The van der Waals surface area contributed by atoms with Crippen molar-refractivity contribution in [3.63, 3.8) is 0 Å². The first-order valence-electron chi connectivity index (χ1n) is 8.48. The van der Waals surface area contributed by atoms with Crippen molar-refractivity contribution in [2.75, 3.05) is 33.1 Å². The Kier molecular flexibility index (Phi) is 6.79. The molecule has 0 heterocycles. The summed E-state index contributed by atoms with van der Waals surface area (Å²) in [6, 6.07) is 14.6. The monoisotopic (exact) mass is 358 g/mol. The zero-order valence-electron chi connectivity index (χ0n) is 15.6. The van der Waals surface area contributed by atoms with Gasteiger partial charge in [-0.3, -0.25) is 0 Å². The van der Waals surface area contributed by atoms with E-state index in [1.54, 1.807) is 7.11 Å².